The molecule has 0 spiro atoms. The van der Waals surface area contributed by atoms with Crippen molar-refractivity contribution in [1.29, 1.82) is 0 Å². The number of rotatable bonds is 1. The zero-order valence-corrected chi connectivity index (χ0v) is 8.69. The largest absolute Gasteiger partial charge is 0.420 e. The summed E-state index contributed by atoms with van der Waals surface area (Å²) in [6.45, 7) is 2.00. The van der Waals surface area contributed by atoms with Crippen LogP contribution in [0.25, 0.3) is 11.1 Å². The minimum absolute atomic E-state index is 0.208. The highest BCUT2D eigenvalue weighted by molar-refractivity contribution is 5.73. The van der Waals surface area contributed by atoms with Crippen LogP contribution in [0.3, 0.4) is 0 Å². The fourth-order valence-corrected chi connectivity index (χ4v) is 2.13. The van der Waals surface area contributed by atoms with Crippen LogP contribution in [0.2, 0.25) is 0 Å². The number of hydrogen-bond acceptors (Lipinski definition) is 2. The van der Waals surface area contributed by atoms with Gasteiger partial charge in [0.2, 0.25) is 0 Å². The van der Waals surface area contributed by atoms with E-state index in [1.807, 2.05) is 25.1 Å². The molecule has 2 aromatic rings. The maximum Gasteiger partial charge on any atom is 0.420 e. The molecule has 3 nitrogen and oxygen atoms in total. The van der Waals surface area contributed by atoms with Gasteiger partial charge in [-0.1, -0.05) is 6.07 Å². The van der Waals surface area contributed by atoms with Crippen LogP contribution in [0.5, 0.6) is 0 Å². The van der Waals surface area contributed by atoms with Gasteiger partial charge in [-0.05, 0) is 43.9 Å². The molecular weight excluding hydrogens is 190 g/mol. The summed E-state index contributed by atoms with van der Waals surface area (Å²) in [5.74, 6) is -0.208. The van der Waals surface area contributed by atoms with Crippen molar-refractivity contribution in [2.45, 2.75) is 32.2 Å². The van der Waals surface area contributed by atoms with Gasteiger partial charge in [-0.2, -0.15) is 0 Å². The molecule has 0 bridgehead atoms. The average molecular weight is 203 g/mol. The Morgan fingerprint density at radius 1 is 1.40 bits per heavy atom. The summed E-state index contributed by atoms with van der Waals surface area (Å²) in [5.41, 5.74) is 2.78. The topological polar surface area (TPSA) is 35.1 Å². The van der Waals surface area contributed by atoms with Crippen LogP contribution >= 0.6 is 0 Å². The monoisotopic (exact) mass is 203 g/mol. The first-order chi connectivity index (χ1) is 7.25. The van der Waals surface area contributed by atoms with Crippen molar-refractivity contribution in [1.82, 2.24) is 4.57 Å². The summed E-state index contributed by atoms with van der Waals surface area (Å²) in [5, 5.41) is 0. The first-order valence-corrected chi connectivity index (χ1v) is 5.37. The molecule has 3 heteroatoms. The van der Waals surface area contributed by atoms with E-state index in [0.29, 0.717) is 11.6 Å². The number of benzene rings is 1. The summed E-state index contributed by atoms with van der Waals surface area (Å²) in [7, 11) is 0. The Bertz CT molecular complexity index is 560. The van der Waals surface area contributed by atoms with Crippen molar-refractivity contribution < 1.29 is 4.42 Å². The van der Waals surface area contributed by atoms with Gasteiger partial charge in [-0.15, -0.1) is 0 Å². The highest BCUT2D eigenvalue weighted by Gasteiger charge is 2.24. The molecule has 1 saturated carbocycles. The third-order valence-corrected chi connectivity index (χ3v) is 3.21. The van der Waals surface area contributed by atoms with Crippen LogP contribution in [0.4, 0.5) is 0 Å². The number of nitrogens with zero attached hydrogens (tertiary/aromatic N) is 1. The van der Waals surface area contributed by atoms with Gasteiger partial charge in [0.15, 0.2) is 5.58 Å². The van der Waals surface area contributed by atoms with Gasteiger partial charge < -0.3 is 4.42 Å². The minimum atomic E-state index is -0.208. The Balaban J connectivity index is 2.27. The van der Waals surface area contributed by atoms with Gasteiger partial charge in [0.25, 0.3) is 0 Å². The van der Waals surface area contributed by atoms with Crippen molar-refractivity contribution in [3.8, 4) is 0 Å². The van der Waals surface area contributed by atoms with E-state index in [4.69, 9.17) is 4.42 Å². The van der Waals surface area contributed by atoms with E-state index < -0.39 is 0 Å². The Labute approximate surface area is 87.3 Å². The molecule has 1 aliphatic rings. The van der Waals surface area contributed by atoms with Crippen LogP contribution in [-0.2, 0) is 0 Å². The smallest absolute Gasteiger partial charge is 0.408 e. The number of hydrogen-bond donors (Lipinski definition) is 0. The molecule has 78 valence electrons. The van der Waals surface area contributed by atoms with E-state index in [0.717, 1.165) is 23.9 Å². The summed E-state index contributed by atoms with van der Waals surface area (Å²) in [4.78, 5) is 11.7. The highest BCUT2D eigenvalue weighted by Crippen LogP contribution is 2.33. The SMILES string of the molecule is Cc1ccc2c(c1)oc(=O)n2C1CCC1. The van der Waals surface area contributed by atoms with E-state index >= 15 is 0 Å². The summed E-state index contributed by atoms with van der Waals surface area (Å²) in [6.07, 6.45) is 3.42. The lowest BCUT2D eigenvalue weighted by molar-refractivity contribution is 0.299. The van der Waals surface area contributed by atoms with Gasteiger partial charge in [0, 0.05) is 6.04 Å². The molecule has 3 rings (SSSR count). The lowest BCUT2D eigenvalue weighted by Gasteiger charge is -2.25. The lowest BCUT2D eigenvalue weighted by atomic mass is 9.93. The van der Waals surface area contributed by atoms with E-state index in [9.17, 15) is 4.79 Å². The molecule has 0 unspecified atom stereocenters. The van der Waals surface area contributed by atoms with E-state index in [2.05, 4.69) is 0 Å². The van der Waals surface area contributed by atoms with Gasteiger partial charge in [0.05, 0.1) is 5.52 Å². The zero-order chi connectivity index (χ0) is 10.4. The summed E-state index contributed by atoms with van der Waals surface area (Å²) in [6, 6.07) is 6.29. The molecule has 0 atom stereocenters. The van der Waals surface area contributed by atoms with Crippen molar-refractivity contribution >= 4 is 11.1 Å². The van der Waals surface area contributed by atoms with E-state index in [1.165, 1.54) is 6.42 Å². The highest BCUT2D eigenvalue weighted by atomic mass is 16.4. The van der Waals surface area contributed by atoms with Crippen LogP contribution in [0, 0.1) is 6.92 Å². The maximum absolute atomic E-state index is 11.7. The Hall–Kier alpha value is -1.51. The second kappa shape index (κ2) is 2.99. The summed E-state index contributed by atoms with van der Waals surface area (Å²) >= 11 is 0. The van der Waals surface area contributed by atoms with Crippen LogP contribution in [-0.4, -0.2) is 4.57 Å². The molecule has 0 amide bonds. The number of fused-ring (bicyclic) bond motifs is 1. The zero-order valence-electron chi connectivity index (χ0n) is 8.69. The Kier molecular flexibility index (Phi) is 1.75. The summed E-state index contributed by atoms with van der Waals surface area (Å²) < 4.78 is 7.05. The van der Waals surface area contributed by atoms with Crippen molar-refractivity contribution in [2.24, 2.45) is 0 Å². The van der Waals surface area contributed by atoms with Crippen LogP contribution in [0.15, 0.2) is 27.4 Å². The van der Waals surface area contributed by atoms with Gasteiger partial charge in [-0.3, -0.25) is 4.57 Å². The molecule has 15 heavy (non-hydrogen) atoms. The fraction of sp³-hybridized carbons (Fsp3) is 0.417. The van der Waals surface area contributed by atoms with Gasteiger partial charge >= 0.3 is 5.76 Å². The molecule has 1 aliphatic carbocycles. The number of aryl methyl sites for hydroxylation is 1. The number of oxazole rings is 1. The third-order valence-electron chi connectivity index (χ3n) is 3.21. The fourth-order valence-electron chi connectivity index (χ4n) is 2.13. The third kappa shape index (κ3) is 1.23. The van der Waals surface area contributed by atoms with Crippen molar-refractivity contribution in [2.75, 3.05) is 0 Å². The second-order valence-corrected chi connectivity index (χ2v) is 4.29. The minimum Gasteiger partial charge on any atom is -0.408 e. The van der Waals surface area contributed by atoms with Crippen LogP contribution < -0.4 is 5.76 Å². The molecule has 1 fully saturated rings. The normalized spacial score (nSPS) is 16.9. The molecule has 1 heterocycles. The predicted molar refractivity (Wildman–Crippen MR) is 58.1 cm³/mol. The van der Waals surface area contributed by atoms with Gasteiger partial charge in [-0.25, -0.2) is 4.79 Å². The lowest BCUT2D eigenvalue weighted by Crippen LogP contribution is -2.25. The molecule has 1 aromatic carbocycles. The second-order valence-electron chi connectivity index (χ2n) is 4.29. The molecule has 0 radical (unpaired) electrons. The maximum atomic E-state index is 11.7. The quantitative estimate of drug-likeness (QED) is 0.714. The number of aromatic nitrogens is 1. The Morgan fingerprint density at radius 3 is 2.87 bits per heavy atom. The predicted octanol–water partition coefficient (Wildman–Crippen LogP) is 2.63. The molecule has 1 aromatic heterocycles. The van der Waals surface area contributed by atoms with Crippen molar-refractivity contribution in [3.63, 3.8) is 0 Å². The molecule has 0 N–H and O–H groups in total. The van der Waals surface area contributed by atoms with E-state index in [1.54, 1.807) is 4.57 Å². The van der Waals surface area contributed by atoms with Crippen molar-refractivity contribution in [3.05, 3.63) is 34.3 Å². The van der Waals surface area contributed by atoms with Crippen LogP contribution in [0.1, 0.15) is 30.9 Å². The Morgan fingerprint density at radius 2 is 2.20 bits per heavy atom. The van der Waals surface area contributed by atoms with E-state index in [-0.39, 0.29) is 5.76 Å². The molecule has 0 aliphatic heterocycles. The first-order valence-electron chi connectivity index (χ1n) is 5.37. The first kappa shape index (κ1) is 8.77. The molecule has 0 saturated heterocycles. The van der Waals surface area contributed by atoms with Gasteiger partial charge in [0.1, 0.15) is 0 Å². The molecular formula is C12H13NO2. The average Bonchev–Trinajstić information content (AvgIpc) is 2.40. The standard InChI is InChI=1S/C12H13NO2/c1-8-5-6-10-11(7-8)15-12(14)13(10)9-3-2-4-9/h5-7,9H,2-4H2,1H3.